The van der Waals surface area contributed by atoms with Gasteiger partial charge in [0, 0.05) is 30.4 Å². The third-order valence-corrected chi connectivity index (χ3v) is 4.31. The Bertz CT molecular complexity index is 761. The predicted octanol–water partition coefficient (Wildman–Crippen LogP) is 4.51. The normalized spacial score (nSPS) is 16.4. The first kappa shape index (κ1) is 21.7. The number of nitrogens with zero attached hydrogens (tertiary/aromatic N) is 2. The second-order valence-corrected chi connectivity index (χ2v) is 7.67. The quantitative estimate of drug-likeness (QED) is 0.422. The first-order valence-electron chi connectivity index (χ1n) is 8.87. The van der Waals surface area contributed by atoms with Crippen molar-refractivity contribution in [1.29, 1.82) is 0 Å². The van der Waals surface area contributed by atoms with E-state index in [2.05, 4.69) is 0 Å². The molecule has 1 heterocycles. The van der Waals surface area contributed by atoms with Gasteiger partial charge in [0.25, 0.3) is 0 Å². The van der Waals surface area contributed by atoms with Crippen LogP contribution in [0.5, 0.6) is 0 Å². The van der Waals surface area contributed by atoms with Gasteiger partial charge in [0.15, 0.2) is 0 Å². The van der Waals surface area contributed by atoms with Gasteiger partial charge < -0.3 is 9.64 Å². The standard InChI is InChI=1S/C19H23F3N2O4/c1-18(2,3)28-17(25)14-6-9-23(10-7-14)16-12-15(19(20,21)22)5-4-13(16)8-11-24(26)27/h4-5,8,11-12,14H,6-7,9-10H2,1-3H3/b11-8+. The van der Waals surface area contributed by atoms with E-state index in [-0.39, 0.29) is 17.6 Å². The smallest absolute Gasteiger partial charge is 0.416 e. The van der Waals surface area contributed by atoms with Gasteiger partial charge in [-0.3, -0.25) is 14.9 Å². The average Bonchev–Trinajstić information content (AvgIpc) is 2.57. The van der Waals surface area contributed by atoms with Gasteiger partial charge >= 0.3 is 12.1 Å². The van der Waals surface area contributed by atoms with Crippen LogP contribution in [0.3, 0.4) is 0 Å². The molecule has 1 aliphatic rings. The molecule has 0 radical (unpaired) electrons. The minimum Gasteiger partial charge on any atom is -0.460 e. The van der Waals surface area contributed by atoms with Crippen LogP contribution in [0, 0.1) is 16.0 Å². The van der Waals surface area contributed by atoms with Gasteiger partial charge in [-0.2, -0.15) is 13.2 Å². The Hall–Kier alpha value is -2.58. The van der Waals surface area contributed by atoms with Crippen LogP contribution in [0.15, 0.2) is 24.4 Å². The SMILES string of the molecule is CC(C)(C)OC(=O)C1CCN(c2cc(C(F)(F)F)ccc2/C=C/[N+](=O)[O-])CC1. The molecule has 28 heavy (non-hydrogen) atoms. The molecule has 1 saturated heterocycles. The molecule has 1 fully saturated rings. The summed E-state index contributed by atoms with van der Waals surface area (Å²) in [5.74, 6) is -0.635. The van der Waals surface area contributed by atoms with Crippen molar-refractivity contribution in [2.24, 2.45) is 5.92 Å². The number of piperidine rings is 1. The topological polar surface area (TPSA) is 72.7 Å². The first-order valence-corrected chi connectivity index (χ1v) is 8.87. The van der Waals surface area contributed by atoms with E-state index >= 15 is 0 Å². The fourth-order valence-corrected chi connectivity index (χ4v) is 3.02. The highest BCUT2D eigenvalue weighted by atomic mass is 19.4. The van der Waals surface area contributed by atoms with Crippen molar-refractivity contribution < 1.29 is 27.6 Å². The number of anilines is 1. The molecule has 9 heteroatoms. The maximum absolute atomic E-state index is 13.1. The van der Waals surface area contributed by atoms with Gasteiger partial charge in [-0.25, -0.2) is 0 Å². The summed E-state index contributed by atoms with van der Waals surface area (Å²) in [6, 6.07) is 3.11. The summed E-state index contributed by atoms with van der Waals surface area (Å²) in [5.41, 5.74) is -0.846. The number of carbonyl (C=O) groups excluding carboxylic acids is 1. The van der Waals surface area contributed by atoms with Crippen LogP contribution in [0.25, 0.3) is 6.08 Å². The van der Waals surface area contributed by atoms with Gasteiger partial charge in [0.2, 0.25) is 6.20 Å². The van der Waals surface area contributed by atoms with Crippen molar-refractivity contribution in [3.05, 3.63) is 45.6 Å². The number of alkyl halides is 3. The fraction of sp³-hybridized carbons (Fsp3) is 0.526. The lowest BCUT2D eigenvalue weighted by Crippen LogP contribution is -2.39. The maximum Gasteiger partial charge on any atom is 0.416 e. The van der Waals surface area contributed by atoms with Crippen LogP contribution in [-0.4, -0.2) is 29.6 Å². The van der Waals surface area contributed by atoms with Crippen molar-refractivity contribution in [3.63, 3.8) is 0 Å². The lowest BCUT2D eigenvalue weighted by atomic mass is 9.95. The molecule has 154 valence electrons. The van der Waals surface area contributed by atoms with Crippen LogP contribution in [0.2, 0.25) is 0 Å². The van der Waals surface area contributed by atoms with Crippen molar-refractivity contribution in [2.45, 2.75) is 45.4 Å². The molecule has 6 nitrogen and oxygen atoms in total. The van der Waals surface area contributed by atoms with E-state index in [1.165, 1.54) is 12.1 Å². The van der Waals surface area contributed by atoms with Gasteiger partial charge in [-0.15, -0.1) is 0 Å². The first-order chi connectivity index (χ1) is 12.9. The molecule has 0 N–H and O–H groups in total. The van der Waals surface area contributed by atoms with E-state index < -0.39 is 22.3 Å². The number of esters is 1. The molecule has 0 aromatic heterocycles. The van der Waals surface area contributed by atoms with Crippen molar-refractivity contribution in [2.75, 3.05) is 18.0 Å². The summed E-state index contributed by atoms with van der Waals surface area (Å²) in [7, 11) is 0. The number of carbonyl (C=O) groups is 1. The Morgan fingerprint density at radius 3 is 2.36 bits per heavy atom. The van der Waals surface area contributed by atoms with Crippen molar-refractivity contribution in [1.82, 2.24) is 0 Å². The van der Waals surface area contributed by atoms with Gasteiger partial charge in [-0.1, -0.05) is 6.07 Å². The van der Waals surface area contributed by atoms with E-state index in [0.717, 1.165) is 12.1 Å². The molecule has 1 aliphatic heterocycles. The minimum absolute atomic E-state index is 0.260. The molecule has 0 unspecified atom stereocenters. The van der Waals surface area contributed by atoms with Crippen molar-refractivity contribution >= 4 is 17.7 Å². The van der Waals surface area contributed by atoms with E-state index in [1.807, 2.05) is 0 Å². The second kappa shape index (κ2) is 8.20. The molecular weight excluding hydrogens is 377 g/mol. The van der Waals surface area contributed by atoms with Gasteiger partial charge in [-0.05, 0) is 45.7 Å². The van der Waals surface area contributed by atoms with Gasteiger partial charge in [0.05, 0.1) is 16.4 Å². The van der Waals surface area contributed by atoms with Crippen LogP contribution in [0.1, 0.15) is 44.7 Å². The highest BCUT2D eigenvalue weighted by molar-refractivity contribution is 5.74. The zero-order valence-corrected chi connectivity index (χ0v) is 16.0. The second-order valence-electron chi connectivity index (χ2n) is 7.67. The minimum atomic E-state index is -4.52. The molecule has 1 aromatic carbocycles. The third kappa shape index (κ3) is 5.97. The van der Waals surface area contributed by atoms with E-state index in [4.69, 9.17) is 4.74 Å². The van der Waals surface area contributed by atoms with Crippen LogP contribution < -0.4 is 4.90 Å². The Morgan fingerprint density at radius 2 is 1.86 bits per heavy atom. The predicted molar refractivity (Wildman–Crippen MR) is 98.3 cm³/mol. The number of hydrogen-bond acceptors (Lipinski definition) is 5. The molecule has 0 spiro atoms. The van der Waals surface area contributed by atoms with Crippen LogP contribution in [-0.2, 0) is 15.7 Å². The Kier molecular flexibility index (Phi) is 6.36. The van der Waals surface area contributed by atoms with E-state index in [1.54, 1.807) is 25.7 Å². The molecule has 2 rings (SSSR count). The number of benzene rings is 1. The number of nitro groups is 1. The lowest BCUT2D eigenvalue weighted by Gasteiger charge is -2.35. The number of rotatable bonds is 4. The van der Waals surface area contributed by atoms with Gasteiger partial charge in [0.1, 0.15) is 5.60 Å². The average molecular weight is 400 g/mol. The summed E-state index contributed by atoms with van der Waals surface area (Å²) in [6.45, 7) is 6.03. The molecule has 0 amide bonds. The molecule has 0 aliphatic carbocycles. The Morgan fingerprint density at radius 1 is 1.25 bits per heavy atom. The highest BCUT2D eigenvalue weighted by Gasteiger charge is 2.33. The zero-order valence-electron chi connectivity index (χ0n) is 16.0. The summed E-state index contributed by atoms with van der Waals surface area (Å²) < 4.78 is 44.7. The van der Waals surface area contributed by atoms with Crippen molar-refractivity contribution in [3.8, 4) is 0 Å². The molecular formula is C19H23F3N2O4. The van der Waals surface area contributed by atoms with E-state index in [0.29, 0.717) is 37.7 Å². The van der Waals surface area contributed by atoms with E-state index in [9.17, 15) is 28.1 Å². The molecule has 0 saturated carbocycles. The fourth-order valence-electron chi connectivity index (χ4n) is 3.02. The van der Waals surface area contributed by atoms with Crippen LogP contribution in [0.4, 0.5) is 18.9 Å². The monoisotopic (exact) mass is 400 g/mol. The summed E-state index contributed by atoms with van der Waals surface area (Å²) >= 11 is 0. The Balaban J connectivity index is 2.22. The largest absolute Gasteiger partial charge is 0.460 e. The molecule has 0 bridgehead atoms. The van der Waals surface area contributed by atoms with Crippen LogP contribution >= 0.6 is 0 Å². The summed E-state index contributed by atoms with van der Waals surface area (Å²) in [6.07, 6.45) is -1.78. The lowest BCUT2D eigenvalue weighted by molar-refractivity contribution is -0.400. The summed E-state index contributed by atoms with van der Waals surface area (Å²) in [4.78, 5) is 23.9. The third-order valence-electron chi connectivity index (χ3n) is 4.31. The summed E-state index contributed by atoms with van der Waals surface area (Å²) in [5, 5.41) is 10.6. The maximum atomic E-state index is 13.1. The number of halogens is 3. The molecule has 1 aromatic rings. The number of ether oxygens (including phenoxy) is 1. The molecule has 0 atom stereocenters. The highest BCUT2D eigenvalue weighted by Crippen LogP contribution is 2.35. The Labute approximate surface area is 161 Å². The zero-order chi connectivity index (χ0) is 21.1. The number of hydrogen-bond donors (Lipinski definition) is 0.